The van der Waals surface area contributed by atoms with Gasteiger partial charge in [-0.3, -0.25) is 4.79 Å². The van der Waals surface area contributed by atoms with Crippen LogP contribution in [0.5, 0.6) is 0 Å². The van der Waals surface area contributed by atoms with Crippen molar-refractivity contribution in [3.05, 3.63) is 64.7 Å². The van der Waals surface area contributed by atoms with Crippen LogP contribution in [0.4, 0.5) is 0 Å². The summed E-state index contributed by atoms with van der Waals surface area (Å²) in [6.45, 7) is 0.641. The Morgan fingerprint density at radius 3 is 2.42 bits per heavy atom. The van der Waals surface area contributed by atoms with E-state index in [2.05, 4.69) is 17.4 Å². The lowest BCUT2D eigenvalue weighted by molar-refractivity contribution is 0.0956. The molecule has 0 radical (unpaired) electrons. The average molecular weight is 396 g/mol. The molecule has 1 amide bonds. The molecule has 1 aliphatic rings. The molecule has 3 rings (SSSR count). The van der Waals surface area contributed by atoms with E-state index in [1.54, 1.807) is 11.8 Å². The van der Waals surface area contributed by atoms with Crippen molar-refractivity contribution >= 4 is 52.8 Å². The Bertz CT molecular complexity index is 670. The first-order chi connectivity index (χ1) is 11.7. The van der Waals surface area contributed by atoms with Crippen LogP contribution in [0.3, 0.4) is 0 Å². The maximum absolute atomic E-state index is 12.2. The van der Waals surface area contributed by atoms with Crippen molar-refractivity contribution in [3.63, 3.8) is 0 Å². The van der Waals surface area contributed by atoms with Gasteiger partial charge in [-0.15, -0.1) is 35.3 Å². The summed E-state index contributed by atoms with van der Waals surface area (Å²) in [5.74, 6) is 3.25. The molecule has 0 bridgehead atoms. The molecule has 1 saturated heterocycles. The molecule has 0 aliphatic carbocycles. The highest BCUT2D eigenvalue weighted by molar-refractivity contribution is 8.19. The zero-order chi connectivity index (χ0) is 16.8. The van der Waals surface area contributed by atoms with Crippen molar-refractivity contribution in [2.24, 2.45) is 0 Å². The van der Waals surface area contributed by atoms with Gasteiger partial charge in [-0.05, 0) is 42.0 Å². The summed E-state index contributed by atoms with van der Waals surface area (Å²) in [5, 5.41) is 3.71. The highest BCUT2D eigenvalue weighted by Crippen LogP contribution is 2.45. The minimum absolute atomic E-state index is 0.00927. The maximum Gasteiger partial charge on any atom is 0.251 e. The van der Waals surface area contributed by atoms with Gasteiger partial charge in [-0.2, -0.15) is 0 Å². The summed E-state index contributed by atoms with van der Waals surface area (Å²) < 4.78 is 0.526. The lowest BCUT2D eigenvalue weighted by Crippen LogP contribution is -2.25. The predicted octanol–water partition coefficient (Wildman–Crippen LogP) is 5.34. The lowest BCUT2D eigenvalue weighted by atomic mass is 10.1. The molecule has 0 unspecified atom stereocenters. The number of carbonyl (C=O) groups excluding carboxylic acids is 1. The first-order valence-corrected chi connectivity index (χ1v) is 11.2. The summed E-state index contributed by atoms with van der Waals surface area (Å²) in [6, 6.07) is 15.8. The Labute approximate surface area is 160 Å². The van der Waals surface area contributed by atoms with E-state index in [4.69, 9.17) is 11.6 Å². The Hall–Kier alpha value is -0.750. The molecule has 1 heterocycles. The minimum Gasteiger partial charge on any atom is -0.351 e. The van der Waals surface area contributed by atoms with Crippen molar-refractivity contribution in [3.8, 4) is 0 Å². The highest BCUT2D eigenvalue weighted by atomic mass is 35.5. The molecule has 2 aromatic carbocycles. The predicted molar refractivity (Wildman–Crippen MR) is 109 cm³/mol. The maximum atomic E-state index is 12.2. The fourth-order valence-corrected chi connectivity index (χ4v) is 6.06. The zero-order valence-corrected chi connectivity index (χ0v) is 16.2. The van der Waals surface area contributed by atoms with Crippen LogP contribution >= 0.6 is 46.9 Å². The summed E-state index contributed by atoms with van der Waals surface area (Å²) in [5.41, 5.74) is 2.03. The third-order valence-electron chi connectivity index (χ3n) is 3.54. The van der Waals surface area contributed by atoms with Crippen molar-refractivity contribution < 1.29 is 4.79 Å². The van der Waals surface area contributed by atoms with Crippen molar-refractivity contribution in [1.82, 2.24) is 5.32 Å². The summed E-state index contributed by atoms with van der Waals surface area (Å²) in [7, 11) is 0. The van der Waals surface area contributed by atoms with Gasteiger partial charge in [0.2, 0.25) is 0 Å². The van der Waals surface area contributed by atoms with Crippen LogP contribution in [-0.4, -0.2) is 29.7 Å². The number of amides is 1. The number of hydrogen-bond acceptors (Lipinski definition) is 4. The highest BCUT2D eigenvalue weighted by Gasteiger charge is 2.18. The molecule has 126 valence electrons. The number of carbonyl (C=O) groups is 1. The third kappa shape index (κ3) is 5.12. The first kappa shape index (κ1) is 18.1. The molecule has 2 aromatic rings. The standard InChI is InChI=1S/C18H18ClNOS3/c19-15-5-7-16(8-6-15)22-10-9-20-17(21)13-1-3-14(4-2-13)18-23-11-12-24-18/h1-8,18H,9-12H2,(H,20,21). The lowest BCUT2D eigenvalue weighted by Gasteiger charge is -2.09. The smallest absolute Gasteiger partial charge is 0.251 e. The van der Waals surface area contributed by atoms with E-state index in [1.165, 1.54) is 17.1 Å². The van der Waals surface area contributed by atoms with E-state index < -0.39 is 0 Å². The van der Waals surface area contributed by atoms with Gasteiger partial charge in [-0.1, -0.05) is 23.7 Å². The quantitative estimate of drug-likeness (QED) is 0.528. The third-order valence-corrected chi connectivity index (χ3v) is 7.91. The van der Waals surface area contributed by atoms with Crippen LogP contribution < -0.4 is 5.32 Å². The molecule has 0 aromatic heterocycles. The molecule has 1 aliphatic heterocycles. The average Bonchev–Trinajstić information content (AvgIpc) is 3.15. The molecular weight excluding hydrogens is 378 g/mol. The summed E-state index contributed by atoms with van der Waals surface area (Å²) >= 11 is 11.5. The van der Waals surface area contributed by atoms with Crippen LogP contribution in [-0.2, 0) is 0 Å². The van der Waals surface area contributed by atoms with Crippen LogP contribution in [0.2, 0.25) is 5.02 Å². The number of rotatable bonds is 6. The second-order valence-corrected chi connectivity index (χ2v) is 9.58. The van der Waals surface area contributed by atoms with Gasteiger partial charge in [0, 0.05) is 39.3 Å². The van der Waals surface area contributed by atoms with Crippen LogP contribution in [0.15, 0.2) is 53.4 Å². The van der Waals surface area contributed by atoms with Crippen molar-refractivity contribution in [1.29, 1.82) is 0 Å². The Kier molecular flexibility index (Phi) is 6.84. The van der Waals surface area contributed by atoms with Gasteiger partial charge >= 0.3 is 0 Å². The van der Waals surface area contributed by atoms with Crippen LogP contribution in [0.1, 0.15) is 20.5 Å². The Balaban J connectivity index is 1.43. The minimum atomic E-state index is -0.00927. The van der Waals surface area contributed by atoms with E-state index in [0.29, 0.717) is 11.1 Å². The topological polar surface area (TPSA) is 29.1 Å². The van der Waals surface area contributed by atoms with E-state index in [1.807, 2.05) is 59.9 Å². The second-order valence-electron chi connectivity index (χ2n) is 5.25. The Morgan fingerprint density at radius 1 is 1.08 bits per heavy atom. The van der Waals surface area contributed by atoms with Gasteiger partial charge in [0.1, 0.15) is 0 Å². The fraction of sp³-hybridized carbons (Fsp3) is 0.278. The van der Waals surface area contributed by atoms with E-state index in [-0.39, 0.29) is 5.91 Å². The molecular formula is C18H18ClNOS3. The SMILES string of the molecule is O=C(NCCSc1ccc(Cl)cc1)c1ccc(C2SCCS2)cc1. The van der Waals surface area contributed by atoms with Gasteiger partial charge in [0.05, 0.1) is 4.58 Å². The van der Waals surface area contributed by atoms with Gasteiger partial charge in [-0.25, -0.2) is 0 Å². The molecule has 2 nitrogen and oxygen atoms in total. The number of halogens is 1. The Morgan fingerprint density at radius 2 is 1.75 bits per heavy atom. The van der Waals surface area contributed by atoms with Crippen molar-refractivity contribution in [2.75, 3.05) is 23.8 Å². The fourth-order valence-electron chi connectivity index (χ4n) is 2.31. The molecule has 1 fully saturated rings. The second kappa shape index (κ2) is 9.09. The van der Waals surface area contributed by atoms with Gasteiger partial charge in [0.15, 0.2) is 0 Å². The van der Waals surface area contributed by atoms with Gasteiger partial charge < -0.3 is 5.32 Å². The molecule has 0 saturated carbocycles. The van der Waals surface area contributed by atoms with Crippen LogP contribution in [0.25, 0.3) is 0 Å². The molecule has 0 spiro atoms. The molecule has 1 N–H and O–H groups in total. The molecule has 0 atom stereocenters. The number of thioether (sulfide) groups is 3. The first-order valence-electron chi connectivity index (χ1n) is 7.72. The van der Waals surface area contributed by atoms with E-state index in [0.717, 1.165) is 21.2 Å². The number of benzene rings is 2. The summed E-state index contributed by atoms with van der Waals surface area (Å²) in [4.78, 5) is 13.3. The number of nitrogens with one attached hydrogen (secondary N) is 1. The monoisotopic (exact) mass is 395 g/mol. The van der Waals surface area contributed by atoms with Gasteiger partial charge in [0.25, 0.3) is 5.91 Å². The zero-order valence-electron chi connectivity index (χ0n) is 13.0. The van der Waals surface area contributed by atoms with Crippen molar-refractivity contribution in [2.45, 2.75) is 9.48 Å². The van der Waals surface area contributed by atoms with Crippen LogP contribution in [0, 0.1) is 0 Å². The summed E-state index contributed by atoms with van der Waals surface area (Å²) in [6.07, 6.45) is 0. The normalized spacial score (nSPS) is 14.7. The molecule has 6 heteroatoms. The van der Waals surface area contributed by atoms with E-state index >= 15 is 0 Å². The number of hydrogen-bond donors (Lipinski definition) is 1. The van der Waals surface area contributed by atoms with E-state index in [9.17, 15) is 4.79 Å². The largest absolute Gasteiger partial charge is 0.351 e. The molecule has 24 heavy (non-hydrogen) atoms.